The van der Waals surface area contributed by atoms with Crippen LogP contribution in [0.15, 0.2) is 87.4 Å². The molecule has 31 heavy (non-hydrogen) atoms. The van der Waals surface area contributed by atoms with Gasteiger partial charge in [0.1, 0.15) is 0 Å². The van der Waals surface area contributed by atoms with Crippen LogP contribution in [0, 0.1) is 6.92 Å². The zero-order valence-corrected chi connectivity index (χ0v) is 17.6. The van der Waals surface area contributed by atoms with Crippen LogP contribution >= 0.6 is 11.8 Å². The van der Waals surface area contributed by atoms with Gasteiger partial charge in [0.15, 0.2) is 16.6 Å². The van der Waals surface area contributed by atoms with Gasteiger partial charge >= 0.3 is 5.76 Å². The van der Waals surface area contributed by atoms with E-state index >= 15 is 0 Å². The molecule has 0 unspecified atom stereocenters. The molecule has 0 radical (unpaired) electrons. The highest BCUT2D eigenvalue weighted by atomic mass is 32.2. The number of aromatic nitrogens is 5. The van der Waals surface area contributed by atoms with E-state index in [1.54, 1.807) is 34.8 Å². The maximum Gasteiger partial charge on any atom is 0.419 e. The molecular formula is C23H19N5O2S. The third-order valence-electron chi connectivity index (χ3n) is 4.98. The molecule has 3 aromatic heterocycles. The molecule has 0 atom stereocenters. The van der Waals surface area contributed by atoms with E-state index in [1.807, 2.05) is 34.9 Å². The number of oxazole rings is 1. The minimum Gasteiger partial charge on any atom is -0.408 e. The topological polar surface area (TPSA) is 78.7 Å². The summed E-state index contributed by atoms with van der Waals surface area (Å²) in [6.45, 7) is 2.56. The van der Waals surface area contributed by atoms with Crippen LogP contribution in [0.1, 0.15) is 5.56 Å². The van der Waals surface area contributed by atoms with Gasteiger partial charge in [-0.25, -0.2) is 4.79 Å². The molecule has 7 nitrogen and oxygen atoms in total. The van der Waals surface area contributed by atoms with Crippen molar-refractivity contribution in [2.75, 3.05) is 5.75 Å². The van der Waals surface area contributed by atoms with Gasteiger partial charge < -0.3 is 4.42 Å². The number of para-hydroxylation sites is 2. The number of thioether (sulfide) groups is 1. The van der Waals surface area contributed by atoms with Crippen molar-refractivity contribution < 1.29 is 4.42 Å². The van der Waals surface area contributed by atoms with Gasteiger partial charge in [-0.15, -0.1) is 10.2 Å². The van der Waals surface area contributed by atoms with Crippen LogP contribution in [0.2, 0.25) is 0 Å². The lowest BCUT2D eigenvalue weighted by molar-refractivity contribution is 0.514. The van der Waals surface area contributed by atoms with E-state index in [2.05, 4.69) is 46.4 Å². The van der Waals surface area contributed by atoms with Crippen molar-refractivity contribution in [3.05, 3.63) is 89.2 Å². The minimum absolute atomic E-state index is 0.348. The molecule has 0 aliphatic heterocycles. The fourth-order valence-electron chi connectivity index (χ4n) is 3.43. The van der Waals surface area contributed by atoms with Crippen LogP contribution in [0.5, 0.6) is 0 Å². The predicted octanol–water partition coefficient (Wildman–Crippen LogP) is 4.34. The first kappa shape index (κ1) is 19.3. The second kappa shape index (κ2) is 8.23. The predicted molar refractivity (Wildman–Crippen MR) is 121 cm³/mol. The Morgan fingerprint density at radius 2 is 1.74 bits per heavy atom. The van der Waals surface area contributed by atoms with E-state index in [0.29, 0.717) is 17.9 Å². The third kappa shape index (κ3) is 3.77. The molecule has 0 aliphatic carbocycles. The van der Waals surface area contributed by atoms with Crippen molar-refractivity contribution >= 4 is 22.9 Å². The van der Waals surface area contributed by atoms with Crippen molar-refractivity contribution in [1.29, 1.82) is 0 Å². The Bertz CT molecular complexity index is 1390. The van der Waals surface area contributed by atoms with E-state index in [9.17, 15) is 4.79 Å². The zero-order valence-electron chi connectivity index (χ0n) is 16.8. The number of hydrogen-bond donors (Lipinski definition) is 0. The average molecular weight is 430 g/mol. The first-order valence-electron chi connectivity index (χ1n) is 9.85. The summed E-state index contributed by atoms with van der Waals surface area (Å²) in [5.74, 6) is 1.04. The highest BCUT2D eigenvalue weighted by molar-refractivity contribution is 7.99. The lowest BCUT2D eigenvalue weighted by atomic mass is 10.2. The second-order valence-corrected chi connectivity index (χ2v) is 8.11. The summed E-state index contributed by atoms with van der Waals surface area (Å²) in [6.07, 6.45) is 3.49. The summed E-state index contributed by atoms with van der Waals surface area (Å²) in [4.78, 5) is 16.3. The fourth-order valence-corrected chi connectivity index (χ4v) is 4.31. The van der Waals surface area contributed by atoms with Gasteiger partial charge in [-0.05, 0) is 43.3 Å². The molecule has 5 aromatic rings. The number of benzene rings is 2. The molecule has 0 fully saturated rings. The van der Waals surface area contributed by atoms with Crippen LogP contribution in [-0.4, -0.2) is 30.1 Å². The summed E-state index contributed by atoms with van der Waals surface area (Å²) in [5, 5.41) is 9.65. The second-order valence-electron chi connectivity index (χ2n) is 7.05. The Hall–Kier alpha value is -3.65. The Morgan fingerprint density at radius 3 is 2.55 bits per heavy atom. The minimum atomic E-state index is -0.348. The largest absolute Gasteiger partial charge is 0.419 e. The molecule has 0 aliphatic rings. The number of hydrogen-bond acceptors (Lipinski definition) is 6. The van der Waals surface area contributed by atoms with Gasteiger partial charge in [0.2, 0.25) is 0 Å². The van der Waals surface area contributed by atoms with E-state index < -0.39 is 0 Å². The van der Waals surface area contributed by atoms with Gasteiger partial charge in [-0.1, -0.05) is 41.6 Å². The smallest absolute Gasteiger partial charge is 0.408 e. The Morgan fingerprint density at radius 1 is 0.968 bits per heavy atom. The van der Waals surface area contributed by atoms with Crippen molar-refractivity contribution in [1.82, 2.24) is 24.3 Å². The SMILES string of the molecule is Cc1ccc(-n2c(SCCn3c(=O)oc4ccccc43)nnc2-c2ccncc2)cc1. The maximum absolute atomic E-state index is 12.2. The number of rotatable bonds is 6. The summed E-state index contributed by atoms with van der Waals surface area (Å²) in [6, 6.07) is 19.5. The molecule has 0 amide bonds. The number of nitrogens with zero attached hydrogens (tertiary/aromatic N) is 5. The third-order valence-corrected chi connectivity index (χ3v) is 5.89. The van der Waals surface area contributed by atoms with Gasteiger partial charge in [0.05, 0.1) is 5.52 Å². The molecular weight excluding hydrogens is 410 g/mol. The average Bonchev–Trinajstić information content (AvgIpc) is 3.36. The van der Waals surface area contributed by atoms with Crippen LogP contribution in [0.25, 0.3) is 28.2 Å². The Kier molecular flexibility index (Phi) is 5.13. The highest BCUT2D eigenvalue weighted by Gasteiger charge is 2.17. The lowest BCUT2D eigenvalue weighted by Crippen LogP contribution is -2.15. The van der Waals surface area contributed by atoms with E-state index in [1.165, 1.54) is 5.56 Å². The van der Waals surface area contributed by atoms with Crippen LogP contribution < -0.4 is 5.76 Å². The summed E-state index contributed by atoms with van der Waals surface area (Å²) >= 11 is 1.55. The monoisotopic (exact) mass is 429 g/mol. The number of pyridine rings is 1. The quantitative estimate of drug-likeness (QED) is 0.374. The van der Waals surface area contributed by atoms with Crippen molar-refractivity contribution in [3.8, 4) is 17.1 Å². The van der Waals surface area contributed by atoms with Gasteiger partial charge in [-0.3, -0.25) is 14.1 Å². The summed E-state index contributed by atoms with van der Waals surface area (Å²) < 4.78 is 9.02. The lowest BCUT2D eigenvalue weighted by Gasteiger charge is -2.11. The van der Waals surface area contributed by atoms with Gasteiger partial charge in [0, 0.05) is 35.9 Å². The molecule has 3 heterocycles. The normalized spacial score (nSPS) is 11.3. The van der Waals surface area contributed by atoms with Crippen molar-refractivity contribution in [2.45, 2.75) is 18.6 Å². The maximum atomic E-state index is 12.2. The van der Waals surface area contributed by atoms with Gasteiger partial charge in [-0.2, -0.15) is 0 Å². The number of fused-ring (bicyclic) bond motifs is 1. The summed E-state index contributed by atoms with van der Waals surface area (Å²) in [5.41, 5.74) is 4.50. The molecule has 8 heteroatoms. The first-order valence-corrected chi connectivity index (χ1v) is 10.8. The molecule has 5 rings (SSSR count). The van der Waals surface area contributed by atoms with E-state index in [0.717, 1.165) is 27.7 Å². The molecule has 154 valence electrons. The van der Waals surface area contributed by atoms with Crippen LogP contribution in [0.4, 0.5) is 0 Å². The Balaban J connectivity index is 1.46. The molecule has 2 aromatic carbocycles. The molecule has 0 saturated carbocycles. The Labute approximate surface area is 182 Å². The standard InChI is InChI=1S/C23H19N5O2S/c1-16-6-8-18(9-7-16)28-21(17-10-12-24-13-11-17)25-26-22(28)31-15-14-27-19-4-2-3-5-20(19)30-23(27)29/h2-13H,14-15H2,1H3. The number of aryl methyl sites for hydroxylation is 2. The first-order chi connectivity index (χ1) is 15.2. The highest BCUT2D eigenvalue weighted by Crippen LogP contribution is 2.28. The zero-order chi connectivity index (χ0) is 21.2. The molecule has 0 saturated heterocycles. The van der Waals surface area contributed by atoms with E-state index in [-0.39, 0.29) is 5.76 Å². The van der Waals surface area contributed by atoms with Crippen molar-refractivity contribution in [3.63, 3.8) is 0 Å². The molecule has 0 N–H and O–H groups in total. The fraction of sp³-hybridized carbons (Fsp3) is 0.130. The molecule has 0 spiro atoms. The van der Waals surface area contributed by atoms with Gasteiger partial charge in [0.25, 0.3) is 0 Å². The van der Waals surface area contributed by atoms with Crippen LogP contribution in [0.3, 0.4) is 0 Å². The summed E-state index contributed by atoms with van der Waals surface area (Å²) in [7, 11) is 0. The molecule has 0 bridgehead atoms. The van der Waals surface area contributed by atoms with E-state index in [4.69, 9.17) is 4.42 Å². The van der Waals surface area contributed by atoms with Crippen LogP contribution in [-0.2, 0) is 6.54 Å². The van der Waals surface area contributed by atoms with Crippen molar-refractivity contribution in [2.24, 2.45) is 0 Å².